The standard InChI is InChI=1S/C30H36N4O4S/c1-20-11-8-9-14-22(20)18-31-28(37)26-30(2,3)39-19-34(26)29(38)25(35)23(17-21-12-6-5-7-13-21)32-27(36)24-15-10-16-33(24)4/h5-16,23,25-26,35H,17-19H2,1-4H3,(H,31,37)(H,32,36)/t23-,25-,26+/m0/s1. The summed E-state index contributed by atoms with van der Waals surface area (Å²) in [6.07, 6.45) is 0.459. The summed E-state index contributed by atoms with van der Waals surface area (Å²) in [5.41, 5.74) is 3.35. The van der Waals surface area contributed by atoms with E-state index in [0.29, 0.717) is 12.2 Å². The Morgan fingerprint density at radius 3 is 2.41 bits per heavy atom. The van der Waals surface area contributed by atoms with Crippen molar-refractivity contribution in [2.45, 2.75) is 56.7 Å². The Bertz CT molecular complexity index is 1320. The number of aromatic nitrogens is 1. The molecule has 2 aromatic carbocycles. The molecule has 206 valence electrons. The maximum atomic E-state index is 13.8. The lowest BCUT2D eigenvalue weighted by Crippen LogP contribution is -2.58. The molecule has 8 nitrogen and oxygen atoms in total. The molecule has 39 heavy (non-hydrogen) atoms. The minimum atomic E-state index is -1.55. The number of hydrogen-bond acceptors (Lipinski definition) is 5. The SMILES string of the molecule is Cc1ccccc1CNC(=O)[C@H]1N(C(=O)[C@@H](O)[C@H](Cc2ccccc2)NC(=O)c2cccn2C)CSC1(C)C. The number of thioether (sulfide) groups is 1. The van der Waals surface area contributed by atoms with Crippen LogP contribution in [0.2, 0.25) is 0 Å². The topological polar surface area (TPSA) is 104 Å². The Kier molecular flexibility index (Phi) is 8.82. The zero-order chi connectivity index (χ0) is 28.2. The molecule has 0 bridgehead atoms. The van der Waals surface area contributed by atoms with Crippen molar-refractivity contribution in [3.8, 4) is 0 Å². The van der Waals surface area contributed by atoms with Gasteiger partial charge in [-0.05, 0) is 56.0 Å². The number of amides is 3. The van der Waals surface area contributed by atoms with Gasteiger partial charge in [0.2, 0.25) is 5.91 Å². The number of nitrogens with zero attached hydrogens (tertiary/aromatic N) is 2. The summed E-state index contributed by atoms with van der Waals surface area (Å²) in [7, 11) is 1.76. The summed E-state index contributed by atoms with van der Waals surface area (Å²) in [6, 6.07) is 19.0. The summed E-state index contributed by atoms with van der Waals surface area (Å²) >= 11 is 1.49. The minimum absolute atomic E-state index is 0.248. The van der Waals surface area contributed by atoms with Gasteiger partial charge in [0.1, 0.15) is 11.7 Å². The molecule has 3 N–H and O–H groups in total. The summed E-state index contributed by atoms with van der Waals surface area (Å²) in [5, 5.41) is 17.2. The third kappa shape index (κ3) is 6.54. The lowest BCUT2D eigenvalue weighted by molar-refractivity contribution is -0.147. The van der Waals surface area contributed by atoms with Gasteiger partial charge in [-0.15, -0.1) is 11.8 Å². The van der Waals surface area contributed by atoms with Gasteiger partial charge >= 0.3 is 0 Å². The quantitative estimate of drug-likeness (QED) is 0.382. The molecule has 1 aliphatic heterocycles. The second kappa shape index (κ2) is 12.1. The molecule has 3 aromatic rings. The van der Waals surface area contributed by atoms with Crippen molar-refractivity contribution in [2.24, 2.45) is 7.05 Å². The number of carbonyl (C=O) groups excluding carboxylic acids is 3. The van der Waals surface area contributed by atoms with Crippen molar-refractivity contribution in [3.63, 3.8) is 0 Å². The normalized spacial score (nSPS) is 17.9. The van der Waals surface area contributed by atoms with E-state index in [1.54, 1.807) is 29.9 Å². The van der Waals surface area contributed by atoms with E-state index in [0.717, 1.165) is 16.7 Å². The lowest BCUT2D eigenvalue weighted by atomic mass is 9.97. The molecule has 0 spiro atoms. The highest BCUT2D eigenvalue weighted by Gasteiger charge is 2.49. The molecule has 0 radical (unpaired) electrons. The van der Waals surface area contributed by atoms with Crippen molar-refractivity contribution in [3.05, 3.63) is 95.3 Å². The van der Waals surface area contributed by atoms with E-state index in [2.05, 4.69) is 10.6 Å². The first kappa shape index (κ1) is 28.4. The van der Waals surface area contributed by atoms with Crippen LogP contribution in [0.15, 0.2) is 72.9 Å². The van der Waals surface area contributed by atoms with Crippen LogP contribution in [0.5, 0.6) is 0 Å². The number of hydrogen-bond donors (Lipinski definition) is 3. The van der Waals surface area contributed by atoms with Crippen LogP contribution in [0, 0.1) is 6.92 Å². The monoisotopic (exact) mass is 548 g/mol. The van der Waals surface area contributed by atoms with Gasteiger partial charge in [0.05, 0.1) is 11.9 Å². The molecule has 0 unspecified atom stereocenters. The van der Waals surface area contributed by atoms with Gasteiger partial charge in [-0.2, -0.15) is 0 Å². The molecule has 1 aromatic heterocycles. The maximum absolute atomic E-state index is 13.8. The number of aliphatic hydroxyl groups is 1. The van der Waals surface area contributed by atoms with E-state index in [4.69, 9.17) is 0 Å². The number of benzene rings is 2. The van der Waals surface area contributed by atoms with Crippen LogP contribution < -0.4 is 10.6 Å². The van der Waals surface area contributed by atoms with Crippen molar-refractivity contribution >= 4 is 29.5 Å². The first-order chi connectivity index (χ1) is 18.6. The Morgan fingerprint density at radius 2 is 1.74 bits per heavy atom. The van der Waals surface area contributed by atoms with E-state index < -0.39 is 28.8 Å². The first-order valence-electron chi connectivity index (χ1n) is 13.0. The third-order valence-electron chi connectivity index (χ3n) is 7.22. The molecule has 0 saturated carbocycles. The number of rotatable bonds is 9. The molecule has 1 saturated heterocycles. The van der Waals surface area contributed by atoms with Gasteiger partial charge in [0, 0.05) is 24.5 Å². The Labute approximate surface area is 233 Å². The van der Waals surface area contributed by atoms with Gasteiger partial charge in [-0.25, -0.2) is 0 Å². The highest BCUT2D eigenvalue weighted by atomic mass is 32.2. The van der Waals surface area contributed by atoms with Gasteiger partial charge in [0.15, 0.2) is 6.10 Å². The molecule has 9 heteroatoms. The number of carbonyl (C=O) groups is 3. The second-order valence-electron chi connectivity index (χ2n) is 10.5. The maximum Gasteiger partial charge on any atom is 0.268 e. The van der Waals surface area contributed by atoms with Gasteiger partial charge in [-0.1, -0.05) is 54.6 Å². The predicted molar refractivity (Wildman–Crippen MR) is 153 cm³/mol. The van der Waals surface area contributed by atoms with Crippen LogP contribution in [-0.2, 0) is 29.6 Å². The van der Waals surface area contributed by atoms with Crippen LogP contribution in [0.4, 0.5) is 0 Å². The molecule has 1 aliphatic rings. The molecule has 2 heterocycles. The number of aryl methyl sites for hydroxylation is 2. The van der Waals surface area contributed by atoms with E-state index in [1.807, 2.05) is 75.4 Å². The Hall–Kier alpha value is -3.56. The smallest absolute Gasteiger partial charge is 0.268 e. The predicted octanol–water partition coefficient (Wildman–Crippen LogP) is 3.03. The summed E-state index contributed by atoms with van der Waals surface area (Å²) in [6.45, 7) is 6.18. The first-order valence-corrected chi connectivity index (χ1v) is 14.0. The van der Waals surface area contributed by atoms with Crippen molar-refractivity contribution in [1.82, 2.24) is 20.1 Å². The van der Waals surface area contributed by atoms with Crippen LogP contribution in [-0.4, -0.2) is 61.1 Å². The molecule has 4 rings (SSSR count). The number of aliphatic hydroxyl groups excluding tert-OH is 1. The zero-order valence-corrected chi connectivity index (χ0v) is 23.6. The van der Waals surface area contributed by atoms with Crippen molar-refractivity contribution in [1.29, 1.82) is 0 Å². The van der Waals surface area contributed by atoms with Crippen LogP contribution in [0.25, 0.3) is 0 Å². The van der Waals surface area contributed by atoms with E-state index in [9.17, 15) is 19.5 Å². The van der Waals surface area contributed by atoms with E-state index in [-0.39, 0.29) is 24.1 Å². The summed E-state index contributed by atoms with van der Waals surface area (Å²) in [5.74, 6) is -0.993. The van der Waals surface area contributed by atoms with Crippen LogP contribution in [0.3, 0.4) is 0 Å². The Balaban J connectivity index is 1.54. The average molecular weight is 549 g/mol. The van der Waals surface area contributed by atoms with Crippen LogP contribution >= 0.6 is 11.8 Å². The van der Waals surface area contributed by atoms with E-state index in [1.165, 1.54) is 16.7 Å². The van der Waals surface area contributed by atoms with Crippen molar-refractivity contribution < 1.29 is 19.5 Å². The molecule has 1 fully saturated rings. The largest absolute Gasteiger partial charge is 0.381 e. The zero-order valence-electron chi connectivity index (χ0n) is 22.8. The molecular weight excluding hydrogens is 512 g/mol. The minimum Gasteiger partial charge on any atom is -0.381 e. The second-order valence-corrected chi connectivity index (χ2v) is 12.0. The van der Waals surface area contributed by atoms with E-state index >= 15 is 0 Å². The number of nitrogens with one attached hydrogen (secondary N) is 2. The van der Waals surface area contributed by atoms with Gasteiger partial charge in [-0.3, -0.25) is 14.4 Å². The third-order valence-corrected chi connectivity index (χ3v) is 8.59. The highest BCUT2D eigenvalue weighted by molar-refractivity contribution is 8.00. The summed E-state index contributed by atoms with van der Waals surface area (Å²) < 4.78 is 1.12. The molecule has 0 aliphatic carbocycles. The Morgan fingerprint density at radius 1 is 1.05 bits per heavy atom. The fraction of sp³-hybridized carbons (Fsp3) is 0.367. The van der Waals surface area contributed by atoms with Gasteiger partial charge in [0.25, 0.3) is 11.8 Å². The molecule has 3 atom stereocenters. The van der Waals surface area contributed by atoms with Crippen molar-refractivity contribution in [2.75, 3.05) is 5.88 Å². The lowest BCUT2D eigenvalue weighted by Gasteiger charge is -2.33. The molecular formula is C30H36N4O4S. The summed E-state index contributed by atoms with van der Waals surface area (Å²) in [4.78, 5) is 41.7. The fourth-order valence-corrected chi connectivity index (χ4v) is 6.03. The average Bonchev–Trinajstić information content (AvgIpc) is 3.49. The molecule has 3 amide bonds. The highest BCUT2D eigenvalue weighted by Crippen LogP contribution is 2.40. The van der Waals surface area contributed by atoms with Gasteiger partial charge < -0.3 is 25.2 Å². The van der Waals surface area contributed by atoms with Crippen LogP contribution in [0.1, 0.15) is 41.0 Å². The fourth-order valence-electron chi connectivity index (χ4n) is 4.89.